The second-order valence-corrected chi connectivity index (χ2v) is 6.51. The summed E-state index contributed by atoms with van der Waals surface area (Å²) in [6.07, 6.45) is 3.13. The lowest BCUT2D eigenvalue weighted by molar-refractivity contribution is -0.159. The van der Waals surface area contributed by atoms with Crippen LogP contribution in [0.2, 0.25) is 0 Å². The first-order valence-corrected chi connectivity index (χ1v) is 9.14. The smallest absolute Gasteiger partial charge is 0.258 e. The zero-order chi connectivity index (χ0) is 20.5. The van der Waals surface area contributed by atoms with E-state index in [-0.39, 0.29) is 24.8 Å². The molecular weight excluding hydrogens is 378 g/mol. The molecule has 1 saturated heterocycles. The number of carbonyl (C=O) groups is 2. The van der Waals surface area contributed by atoms with Crippen LogP contribution in [-0.2, 0) is 25.6 Å². The van der Waals surface area contributed by atoms with E-state index in [2.05, 4.69) is 15.8 Å². The van der Waals surface area contributed by atoms with Crippen LogP contribution in [0, 0.1) is 0 Å². The van der Waals surface area contributed by atoms with Crippen molar-refractivity contribution in [3.05, 3.63) is 54.0 Å². The predicted octanol–water partition coefficient (Wildman–Crippen LogP) is 1.58. The van der Waals surface area contributed by atoms with E-state index >= 15 is 0 Å². The predicted molar refractivity (Wildman–Crippen MR) is 103 cm³/mol. The van der Waals surface area contributed by atoms with Crippen molar-refractivity contribution in [1.29, 1.82) is 0 Å². The monoisotopic (exact) mass is 401 g/mol. The van der Waals surface area contributed by atoms with E-state index in [1.54, 1.807) is 49.6 Å². The normalized spacial score (nSPS) is 15.3. The molecule has 1 fully saturated rings. The van der Waals surface area contributed by atoms with E-state index in [0.717, 1.165) is 5.56 Å². The Morgan fingerprint density at radius 3 is 2.62 bits per heavy atom. The molecule has 0 saturated carbocycles. The minimum Gasteiger partial charge on any atom is -0.484 e. The molecule has 2 heterocycles. The maximum Gasteiger partial charge on any atom is 0.258 e. The van der Waals surface area contributed by atoms with Gasteiger partial charge in [0.05, 0.1) is 38.7 Å². The maximum atomic E-state index is 11.9. The largest absolute Gasteiger partial charge is 0.484 e. The number of amides is 2. The zero-order valence-corrected chi connectivity index (χ0v) is 16.1. The standard InChI is InChI=1S/C20H23N3O6/c1-20(28-9-10-29-20)11-18(24)23-22-12-15-4-6-16(7-5-15)27-14-19(25)21-13-17-3-2-8-26-17/h2-8,12H,9-11,13-14H2,1H3,(H,21,25)(H,23,24)/b22-12-. The lowest BCUT2D eigenvalue weighted by Crippen LogP contribution is -2.33. The fourth-order valence-electron chi connectivity index (χ4n) is 2.62. The molecule has 0 atom stereocenters. The SMILES string of the molecule is CC1(CC(=O)N/N=C\c2ccc(OCC(=O)NCc3ccco3)cc2)OCCO1. The average Bonchev–Trinajstić information content (AvgIpc) is 3.37. The minimum atomic E-state index is -0.886. The molecule has 0 unspecified atom stereocenters. The lowest BCUT2D eigenvalue weighted by Gasteiger charge is -2.20. The summed E-state index contributed by atoms with van der Waals surface area (Å²) >= 11 is 0. The Balaban J connectivity index is 1.37. The number of hydrogen-bond acceptors (Lipinski definition) is 7. The van der Waals surface area contributed by atoms with E-state index in [9.17, 15) is 9.59 Å². The van der Waals surface area contributed by atoms with Gasteiger partial charge in [0.1, 0.15) is 11.5 Å². The van der Waals surface area contributed by atoms with Gasteiger partial charge >= 0.3 is 0 Å². The van der Waals surface area contributed by atoms with Gasteiger partial charge in [-0.2, -0.15) is 5.10 Å². The molecule has 1 aromatic heterocycles. The summed E-state index contributed by atoms with van der Waals surface area (Å²) in [5.74, 6) is -0.220. The van der Waals surface area contributed by atoms with Gasteiger partial charge in [-0.05, 0) is 48.9 Å². The number of rotatable bonds is 9. The Morgan fingerprint density at radius 1 is 1.17 bits per heavy atom. The summed E-state index contributed by atoms with van der Waals surface area (Å²) in [5.41, 5.74) is 3.21. The Kier molecular flexibility index (Phi) is 6.99. The third-order valence-electron chi connectivity index (χ3n) is 4.07. The van der Waals surface area contributed by atoms with Crippen LogP contribution in [0.15, 0.2) is 52.2 Å². The molecule has 0 bridgehead atoms. The highest BCUT2D eigenvalue weighted by Gasteiger charge is 2.33. The first-order chi connectivity index (χ1) is 14.0. The maximum absolute atomic E-state index is 11.9. The fraction of sp³-hybridized carbons (Fsp3) is 0.350. The van der Waals surface area contributed by atoms with E-state index < -0.39 is 5.79 Å². The van der Waals surface area contributed by atoms with Crippen molar-refractivity contribution in [1.82, 2.24) is 10.7 Å². The molecule has 2 amide bonds. The molecule has 9 nitrogen and oxygen atoms in total. The van der Waals surface area contributed by atoms with Crippen molar-refractivity contribution < 1.29 is 28.2 Å². The number of nitrogens with zero attached hydrogens (tertiary/aromatic N) is 1. The quantitative estimate of drug-likeness (QED) is 0.487. The van der Waals surface area contributed by atoms with Gasteiger partial charge in [-0.25, -0.2) is 5.43 Å². The van der Waals surface area contributed by atoms with Crippen LogP contribution in [-0.4, -0.2) is 43.6 Å². The third kappa shape index (κ3) is 6.74. The van der Waals surface area contributed by atoms with E-state index in [4.69, 9.17) is 18.6 Å². The van der Waals surface area contributed by atoms with Gasteiger partial charge in [0.2, 0.25) is 5.91 Å². The molecule has 2 N–H and O–H groups in total. The number of hydrogen-bond donors (Lipinski definition) is 2. The molecular formula is C20H23N3O6. The van der Waals surface area contributed by atoms with Crippen molar-refractivity contribution >= 4 is 18.0 Å². The number of carbonyl (C=O) groups excluding carboxylic acids is 2. The van der Waals surface area contributed by atoms with Crippen molar-refractivity contribution in [3.63, 3.8) is 0 Å². The topological polar surface area (TPSA) is 111 Å². The highest BCUT2D eigenvalue weighted by molar-refractivity contribution is 5.82. The second kappa shape index (κ2) is 9.85. The molecule has 154 valence electrons. The molecule has 0 spiro atoms. The molecule has 2 aromatic rings. The van der Waals surface area contributed by atoms with Crippen LogP contribution in [0.4, 0.5) is 0 Å². The van der Waals surface area contributed by atoms with Crippen molar-refractivity contribution in [2.75, 3.05) is 19.8 Å². The fourth-order valence-corrected chi connectivity index (χ4v) is 2.62. The molecule has 9 heteroatoms. The highest BCUT2D eigenvalue weighted by Crippen LogP contribution is 2.22. The average molecular weight is 401 g/mol. The van der Waals surface area contributed by atoms with E-state index in [1.807, 2.05) is 0 Å². The van der Waals surface area contributed by atoms with Crippen molar-refractivity contribution in [2.45, 2.75) is 25.7 Å². The first-order valence-electron chi connectivity index (χ1n) is 9.14. The summed E-state index contributed by atoms with van der Waals surface area (Å²) < 4.78 is 21.3. The van der Waals surface area contributed by atoms with Gasteiger partial charge in [-0.15, -0.1) is 0 Å². The van der Waals surface area contributed by atoms with E-state index in [1.165, 1.54) is 6.21 Å². The van der Waals surface area contributed by atoms with Crippen molar-refractivity contribution in [2.24, 2.45) is 5.10 Å². The van der Waals surface area contributed by atoms with Gasteiger partial charge in [-0.3, -0.25) is 9.59 Å². The number of nitrogens with one attached hydrogen (secondary N) is 2. The molecule has 0 radical (unpaired) electrons. The summed E-state index contributed by atoms with van der Waals surface area (Å²) in [6.45, 7) is 2.89. The van der Waals surface area contributed by atoms with Gasteiger partial charge in [0.25, 0.3) is 5.91 Å². The summed E-state index contributed by atoms with van der Waals surface area (Å²) in [7, 11) is 0. The molecule has 1 aromatic carbocycles. The highest BCUT2D eigenvalue weighted by atomic mass is 16.7. The Bertz CT molecular complexity index is 826. The Morgan fingerprint density at radius 2 is 1.93 bits per heavy atom. The minimum absolute atomic E-state index is 0.0686. The van der Waals surface area contributed by atoms with Crippen LogP contribution in [0.5, 0.6) is 5.75 Å². The van der Waals surface area contributed by atoms with Gasteiger partial charge in [0, 0.05) is 0 Å². The second-order valence-electron chi connectivity index (χ2n) is 6.51. The van der Waals surface area contributed by atoms with Crippen LogP contribution in [0.25, 0.3) is 0 Å². The number of hydrazone groups is 1. The van der Waals surface area contributed by atoms with Crippen LogP contribution in [0.3, 0.4) is 0 Å². The van der Waals surface area contributed by atoms with E-state index in [0.29, 0.717) is 31.3 Å². The summed E-state index contributed by atoms with van der Waals surface area (Å²) in [6, 6.07) is 10.5. The van der Waals surface area contributed by atoms with Gasteiger partial charge < -0.3 is 23.9 Å². The van der Waals surface area contributed by atoms with Gasteiger partial charge in [-0.1, -0.05) is 0 Å². The van der Waals surface area contributed by atoms with Gasteiger partial charge in [0.15, 0.2) is 12.4 Å². The van der Waals surface area contributed by atoms with Crippen LogP contribution >= 0.6 is 0 Å². The first kappa shape index (κ1) is 20.6. The van der Waals surface area contributed by atoms with Crippen molar-refractivity contribution in [3.8, 4) is 5.75 Å². The number of benzene rings is 1. The molecule has 0 aliphatic carbocycles. The molecule has 1 aliphatic heterocycles. The summed E-state index contributed by atoms with van der Waals surface area (Å²) in [5, 5.41) is 6.61. The molecule has 1 aliphatic rings. The third-order valence-corrected chi connectivity index (χ3v) is 4.07. The molecule has 29 heavy (non-hydrogen) atoms. The zero-order valence-electron chi connectivity index (χ0n) is 16.1. The van der Waals surface area contributed by atoms with Crippen LogP contribution < -0.4 is 15.5 Å². The number of ether oxygens (including phenoxy) is 3. The lowest BCUT2D eigenvalue weighted by atomic mass is 10.2. The number of furan rings is 1. The van der Waals surface area contributed by atoms with Crippen LogP contribution in [0.1, 0.15) is 24.7 Å². The molecule has 3 rings (SSSR count). The Hall–Kier alpha value is -3.17. The summed E-state index contributed by atoms with van der Waals surface area (Å²) in [4.78, 5) is 23.7. The Labute approximate surface area is 168 Å².